The van der Waals surface area contributed by atoms with E-state index in [2.05, 4.69) is 27.9 Å². The minimum Gasteiger partial charge on any atom is -0.356 e. The second-order valence-corrected chi connectivity index (χ2v) is 7.52. The Labute approximate surface area is 157 Å². The van der Waals surface area contributed by atoms with Crippen LogP contribution < -0.4 is 16.0 Å². The van der Waals surface area contributed by atoms with E-state index in [4.69, 9.17) is 0 Å². The van der Waals surface area contributed by atoms with Crippen LogP contribution in [-0.2, 0) is 9.59 Å². The zero-order valence-electron chi connectivity index (χ0n) is 16.5. The fourth-order valence-corrected chi connectivity index (χ4v) is 3.64. The van der Waals surface area contributed by atoms with Gasteiger partial charge in [0.15, 0.2) is 5.96 Å². The van der Waals surface area contributed by atoms with Crippen LogP contribution in [0.25, 0.3) is 0 Å². The zero-order chi connectivity index (χ0) is 18.9. The van der Waals surface area contributed by atoms with Crippen molar-refractivity contribution in [1.82, 2.24) is 20.9 Å². The highest BCUT2D eigenvalue weighted by Gasteiger charge is 2.32. The Morgan fingerprint density at radius 1 is 1.23 bits per heavy atom. The van der Waals surface area contributed by atoms with Crippen molar-refractivity contribution < 1.29 is 9.59 Å². The molecule has 1 aliphatic carbocycles. The first-order valence-electron chi connectivity index (χ1n) is 10.1. The lowest BCUT2D eigenvalue weighted by Crippen LogP contribution is -2.46. The van der Waals surface area contributed by atoms with Gasteiger partial charge in [0, 0.05) is 51.1 Å². The molecule has 0 radical (unpaired) electrons. The SMILES string of the molecule is CCC(C)NC(=O)CCNC(=NC)NC1CCN(C(=O)C2CCCC2)C1. The summed E-state index contributed by atoms with van der Waals surface area (Å²) in [6, 6.07) is 0.433. The lowest BCUT2D eigenvalue weighted by atomic mass is 10.1. The highest BCUT2D eigenvalue weighted by molar-refractivity contribution is 5.82. The molecular weight excluding hydrogens is 330 g/mol. The van der Waals surface area contributed by atoms with Crippen LogP contribution in [0.1, 0.15) is 58.8 Å². The number of amides is 2. The fourth-order valence-electron chi connectivity index (χ4n) is 3.64. The Hall–Kier alpha value is -1.79. The summed E-state index contributed by atoms with van der Waals surface area (Å²) < 4.78 is 0. The third kappa shape index (κ3) is 6.18. The van der Waals surface area contributed by atoms with Gasteiger partial charge in [0.2, 0.25) is 11.8 Å². The average molecular weight is 366 g/mol. The molecule has 0 aromatic rings. The first-order chi connectivity index (χ1) is 12.5. The standard InChI is InChI=1S/C19H35N5O2/c1-4-14(2)22-17(25)9-11-21-19(20-3)23-16-10-12-24(13-16)18(26)15-7-5-6-8-15/h14-16H,4-13H2,1-3H3,(H,22,25)(H2,20,21,23). The molecule has 1 heterocycles. The smallest absolute Gasteiger partial charge is 0.225 e. The summed E-state index contributed by atoms with van der Waals surface area (Å²) in [6.07, 6.45) is 6.76. The van der Waals surface area contributed by atoms with Crippen LogP contribution in [0.2, 0.25) is 0 Å². The summed E-state index contributed by atoms with van der Waals surface area (Å²) in [7, 11) is 1.73. The summed E-state index contributed by atoms with van der Waals surface area (Å²) in [5.41, 5.74) is 0. The fraction of sp³-hybridized carbons (Fsp3) is 0.842. The number of rotatable bonds is 7. The van der Waals surface area contributed by atoms with Crippen molar-refractivity contribution in [1.29, 1.82) is 0 Å². The van der Waals surface area contributed by atoms with Crippen LogP contribution in [0.5, 0.6) is 0 Å². The molecule has 2 amide bonds. The van der Waals surface area contributed by atoms with Gasteiger partial charge in [0.1, 0.15) is 0 Å². The van der Waals surface area contributed by atoms with Gasteiger partial charge in [-0.15, -0.1) is 0 Å². The maximum absolute atomic E-state index is 12.5. The Bertz CT molecular complexity index is 502. The lowest BCUT2D eigenvalue weighted by molar-refractivity contribution is -0.134. The molecule has 26 heavy (non-hydrogen) atoms. The molecule has 2 unspecified atom stereocenters. The van der Waals surface area contributed by atoms with E-state index in [1.807, 2.05) is 11.8 Å². The van der Waals surface area contributed by atoms with Crippen molar-refractivity contribution >= 4 is 17.8 Å². The van der Waals surface area contributed by atoms with E-state index in [-0.39, 0.29) is 23.9 Å². The molecule has 0 spiro atoms. The Morgan fingerprint density at radius 3 is 2.62 bits per heavy atom. The molecule has 2 rings (SSSR count). The highest BCUT2D eigenvalue weighted by atomic mass is 16.2. The maximum atomic E-state index is 12.5. The minimum absolute atomic E-state index is 0.0523. The van der Waals surface area contributed by atoms with Crippen LogP contribution in [-0.4, -0.2) is 61.4 Å². The Morgan fingerprint density at radius 2 is 1.96 bits per heavy atom. The lowest BCUT2D eigenvalue weighted by Gasteiger charge is -2.21. The first kappa shape index (κ1) is 20.5. The number of carbonyl (C=O) groups excluding carboxylic acids is 2. The monoisotopic (exact) mass is 365 g/mol. The molecule has 0 aromatic heterocycles. The van der Waals surface area contributed by atoms with E-state index in [1.54, 1.807) is 7.05 Å². The topological polar surface area (TPSA) is 85.8 Å². The van der Waals surface area contributed by atoms with E-state index in [1.165, 1.54) is 12.8 Å². The molecule has 0 bridgehead atoms. The van der Waals surface area contributed by atoms with Crippen LogP contribution in [0, 0.1) is 5.92 Å². The van der Waals surface area contributed by atoms with Gasteiger partial charge in [-0.25, -0.2) is 0 Å². The van der Waals surface area contributed by atoms with Crippen molar-refractivity contribution in [3.63, 3.8) is 0 Å². The average Bonchev–Trinajstić information content (AvgIpc) is 3.32. The highest BCUT2D eigenvalue weighted by Crippen LogP contribution is 2.27. The number of carbonyl (C=O) groups is 2. The van der Waals surface area contributed by atoms with Gasteiger partial charge >= 0.3 is 0 Å². The first-order valence-corrected chi connectivity index (χ1v) is 10.1. The molecule has 2 fully saturated rings. The number of nitrogens with zero attached hydrogens (tertiary/aromatic N) is 2. The summed E-state index contributed by atoms with van der Waals surface area (Å²) in [4.78, 5) is 30.6. The molecule has 1 saturated carbocycles. The van der Waals surface area contributed by atoms with E-state index < -0.39 is 0 Å². The van der Waals surface area contributed by atoms with Crippen LogP contribution in [0.15, 0.2) is 4.99 Å². The molecule has 148 valence electrons. The van der Waals surface area contributed by atoms with E-state index in [0.717, 1.165) is 38.8 Å². The molecule has 7 heteroatoms. The minimum atomic E-state index is 0.0523. The summed E-state index contributed by atoms with van der Waals surface area (Å²) >= 11 is 0. The number of aliphatic imine (C=N–C) groups is 1. The number of hydrogen-bond donors (Lipinski definition) is 3. The quantitative estimate of drug-likeness (QED) is 0.468. The molecule has 7 nitrogen and oxygen atoms in total. The molecule has 2 atom stereocenters. The van der Waals surface area contributed by atoms with Gasteiger partial charge in [-0.2, -0.15) is 0 Å². The predicted octanol–water partition coefficient (Wildman–Crippen LogP) is 1.25. The molecule has 0 aromatic carbocycles. The van der Waals surface area contributed by atoms with E-state index in [9.17, 15) is 9.59 Å². The summed E-state index contributed by atoms with van der Waals surface area (Å²) in [5.74, 6) is 1.32. The van der Waals surface area contributed by atoms with Crippen molar-refractivity contribution in [3.05, 3.63) is 0 Å². The van der Waals surface area contributed by atoms with Gasteiger partial charge in [0.05, 0.1) is 0 Å². The number of nitrogens with one attached hydrogen (secondary N) is 3. The normalized spacial score (nSPS) is 22.3. The zero-order valence-corrected chi connectivity index (χ0v) is 16.5. The Kier molecular flexibility index (Phi) is 8.19. The van der Waals surface area contributed by atoms with Crippen LogP contribution >= 0.6 is 0 Å². The second-order valence-electron chi connectivity index (χ2n) is 7.52. The van der Waals surface area contributed by atoms with Crippen molar-refractivity contribution in [2.45, 2.75) is 70.9 Å². The Balaban J connectivity index is 1.68. The van der Waals surface area contributed by atoms with Crippen LogP contribution in [0.4, 0.5) is 0 Å². The summed E-state index contributed by atoms with van der Waals surface area (Å²) in [6.45, 7) is 6.16. The third-order valence-corrected chi connectivity index (χ3v) is 5.43. The number of guanidine groups is 1. The van der Waals surface area contributed by atoms with Crippen molar-refractivity contribution in [2.75, 3.05) is 26.7 Å². The van der Waals surface area contributed by atoms with Crippen molar-refractivity contribution in [3.8, 4) is 0 Å². The largest absolute Gasteiger partial charge is 0.356 e. The van der Waals surface area contributed by atoms with Gasteiger partial charge in [-0.1, -0.05) is 19.8 Å². The third-order valence-electron chi connectivity index (χ3n) is 5.43. The number of hydrogen-bond acceptors (Lipinski definition) is 3. The summed E-state index contributed by atoms with van der Waals surface area (Å²) in [5, 5.41) is 9.53. The van der Waals surface area contributed by atoms with Crippen molar-refractivity contribution in [2.24, 2.45) is 10.9 Å². The second kappa shape index (κ2) is 10.4. The molecule has 1 aliphatic heterocycles. The molecular formula is C19H35N5O2. The molecule has 2 aliphatic rings. The molecule has 1 saturated heterocycles. The van der Waals surface area contributed by atoms with E-state index in [0.29, 0.717) is 24.8 Å². The van der Waals surface area contributed by atoms with Gasteiger partial charge < -0.3 is 20.9 Å². The maximum Gasteiger partial charge on any atom is 0.225 e. The van der Waals surface area contributed by atoms with Crippen LogP contribution in [0.3, 0.4) is 0 Å². The van der Waals surface area contributed by atoms with Gasteiger partial charge in [-0.3, -0.25) is 14.6 Å². The van der Waals surface area contributed by atoms with E-state index >= 15 is 0 Å². The number of likely N-dealkylation sites (tertiary alicyclic amines) is 1. The van der Waals surface area contributed by atoms with Gasteiger partial charge in [-0.05, 0) is 32.6 Å². The molecule has 3 N–H and O–H groups in total. The van der Waals surface area contributed by atoms with Gasteiger partial charge in [0.25, 0.3) is 0 Å². The predicted molar refractivity (Wildman–Crippen MR) is 104 cm³/mol.